The second-order valence-corrected chi connectivity index (χ2v) is 5.02. The van der Waals surface area contributed by atoms with Gasteiger partial charge in [-0.2, -0.15) is 0 Å². The Morgan fingerprint density at radius 1 is 1.27 bits per heavy atom. The standard InChI is InChI=1S/C16H24N2O3.ClH/c1-3-4-10-14(16(20)21-2)18-15(19)13(17)11-12-8-6-5-7-9-12;/h5-9,13-14H,3-4,10-11,17H2,1-2H3,(H,18,19);1H/t13-,14-;/m0./s1. The lowest BCUT2D eigenvalue weighted by atomic mass is 10.0. The summed E-state index contributed by atoms with van der Waals surface area (Å²) in [4.78, 5) is 23.8. The van der Waals surface area contributed by atoms with E-state index in [2.05, 4.69) is 5.32 Å². The summed E-state index contributed by atoms with van der Waals surface area (Å²) in [6.45, 7) is 2.03. The lowest BCUT2D eigenvalue weighted by Gasteiger charge is -2.19. The number of methoxy groups -OCH3 is 1. The number of unbranched alkanes of at least 4 members (excludes halogenated alkanes) is 1. The molecule has 1 amide bonds. The molecule has 0 saturated heterocycles. The molecule has 3 N–H and O–H groups in total. The lowest BCUT2D eigenvalue weighted by Crippen LogP contribution is -2.49. The van der Waals surface area contributed by atoms with Crippen molar-refractivity contribution < 1.29 is 14.3 Å². The van der Waals surface area contributed by atoms with Gasteiger partial charge in [-0.1, -0.05) is 50.1 Å². The van der Waals surface area contributed by atoms with E-state index >= 15 is 0 Å². The zero-order valence-corrected chi connectivity index (χ0v) is 13.9. The molecule has 0 aliphatic heterocycles. The van der Waals surface area contributed by atoms with Crippen LogP contribution in [0, 0.1) is 0 Å². The van der Waals surface area contributed by atoms with Crippen molar-refractivity contribution in [1.82, 2.24) is 5.32 Å². The van der Waals surface area contributed by atoms with Gasteiger partial charge in [0.05, 0.1) is 13.2 Å². The second-order valence-electron chi connectivity index (χ2n) is 5.02. The van der Waals surface area contributed by atoms with Crippen LogP contribution in [0.1, 0.15) is 31.7 Å². The Labute approximate surface area is 138 Å². The van der Waals surface area contributed by atoms with Crippen LogP contribution >= 0.6 is 12.4 Å². The molecule has 5 nitrogen and oxygen atoms in total. The van der Waals surface area contributed by atoms with E-state index in [4.69, 9.17) is 10.5 Å². The fourth-order valence-electron chi connectivity index (χ4n) is 2.04. The van der Waals surface area contributed by atoms with Crippen LogP contribution in [0.3, 0.4) is 0 Å². The molecule has 0 spiro atoms. The first-order valence-corrected chi connectivity index (χ1v) is 7.26. The third-order valence-electron chi connectivity index (χ3n) is 3.28. The van der Waals surface area contributed by atoms with Crippen molar-refractivity contribution >= 4 is 24.3 Å². The molecule has 0 aliphatic carbocycles. The Balaban J connectivity index is 0.00000441. The van der Waals surface area contributed by atoms with Crippen LogP contribution in [-0.4, -0.2) is 31.1 Å². The van der Waals surface area contributed by atoms with E-state index in [1.165, 1.54) is 7.11 Å². The number of carbonyl (C=O) groups excluding carboxylic acids is 2. The highest BCUT2D eigenvalue weighted by Crippen LogP contribution is 2.05. The lowest BCUT2D eigenvalue weighted by molar-refractivity contribution is -0.145. The monoisotopic (exact) mass is 328 g/mol. The quantitative estimate of drug-likeness (QED) is 0.713. The normalized spacial score (nSPS) is 12.7. The SMILES string of the molecule is CCCC[C@H](NC(=O)[C@@H](N)Cc1ccccc1)C(=O)OC.Cl. The summed E-state index contributed by atoms with van der Waals surface area (Å²) in [5, 5.41) is 2.68. The summed E-state index contributed by atoms with van der Waals surface area (Å²) in [5.74, 6) is -0.755. The Kier molecular flexibility index (Phi) is 10.2. The van der Waals surface area contributed by atoms with Crippen molar-refractivity contribution in [3.63, 3.8) is 0 Å². The fraction of sp³-hybridized carbons (Fsp3) is 0.500. The maximum Gasteiger partial charge on any atom is 0.328 e. The van der Waals surface area contributed by atoms with Crippen molar-refractivity contribution in [2.45, 2.75) is 44.7 Å². The third kappa shape index (κ3) is 6.91. The van der Waals surface area contributed by atoms with Crippen molar-refractivity contribution in [3.8, 4) is 0 Å². The highest BCUT2D eigenvalue weighted by molar-refractivity contribution is 5.87. The van der Waals surface area contributed by atoms with Gasteiger partial charge >= 0.3 is 5.97 Å². The summed E-state index contributed by atoms with van der Waals surface area (Å²) in [6, 6.07) is 8.25. The Bertz CT molecular complexity index is 454. The molecule has 1 aromatic rings. The van der Waals surface area contributed by atoms with E-state index in [1.807, 2.05) is 37.3 Å². The van der Waals surface area contributed by atoms with E-state index in [1.54, 1.807) is 0 Å². The highest BCUT2D eigenvalue weighted by Gasteiger charge is 2.23. The van der Waals surface area contributed by atoms with Gasteiger partial charge in [-0.25, -0.2) is 4.79 Å². The molecule has 0 unspecified atom stereocenters. The number of halogens is 1. The zero-order valence-electron chi connectivity index (χ0n) is 13.1. The Hall–Kier alpha value is -1.59. The molecular weight excluding hydrogens is 304 g/mol. The van der Waals surface area contributed by atoms with Gasteiger partial charge in [-0.05, 0) is 18.4 Å². The molecule has 0 radical (unpaired) electrons. The number of rotatable bonds is 8. The van der Waals surface area contributed by atoms with Crippen molar-refractivity contribution in [3.05, 3.63) is 35.9 Å². The Morgan fingerprint density at radius 3 is 2.45 bits per heavy atom. The minimum absolute atomic E-state index is 0. The van der Waals surface area contributed by atoms with Gasteiger partial charge < -0.3 is 15.8 Å². The summed E-state index contributed by atoms with van der Waals surface area (Å²) in [6.07, 6.45) is 2.79. The van der Waals surface area contributed by atoms with E-state index in [-0.39, 0.29) is 18.3 Å². The number of hydrogen-bond donors (Lipinski definition) is 2. The Morgan fingerprint density at radius 2 is 1.91 bits per heavy atom. The molecule has 1 aromatic carbocycles. The fourth-order valence-corrected chi connectivity index (χ4v) is 2.04. The minimum atomic E-state index is -0.679. The van der Waals surface area contributed by atoms with Gasteiger partial charge in [0.25, 0.3) is 0 Å². The molecule has 0 aliphatic rings. The smallest absolute Gasteiger partial charge is 0.328 e. The first-order valence-electron chi connectivity index (χ1n) is 7.26. The average molecular weight is 329 g/mol. The number of nitrogens with one attached hydrogen (secondary N) is 1. The van der Waals surface area contributed by atoms with Gasteiger partial charge in [-0.15, -0.1) is 12.4 Å². The van der Waals surface area contributed by atoms with Gasteiger partial charge in [0, 0.05) is 0 Å². The molecule has 1 rings (SSSR count). The molecule has 2 atom stereocenters. The van der Waals surface area contributed by atoms with Crippen LogP contribution in [0.4, 0.5) is 0 Å². The predicted octanol–water partition coefficient (Wildman–Crippen LogP) is 1.83. The molecule has 0 bridgehead atoms. The van der Waals surface area contributed by atoms with Crippen molar-refractivity contribution in [2.75, 3.05) is 7.11 Å². The number of ether oxygens (including phenoxy) is 1. The molecule has 22 heavy (non-hydrogen) atoms. The molecular formula is C16H25ClN2O3. The number of carbonyl (C=O) groups is 2. The molecule has 6 heteroatoms. The highest BCUT2D eigenvalue weighted by atomic mass is 35.5. The number of nitrogens with two attached hydrogens (primary N) is 1. The number of esters is 1. The molecule has 0 aromatic heterocycles. The van der Waals surface area contributed by atoms with Gasteiger partial charge in [-0.3, -0.25) is 4.79 Å². The minimum Gasteiger partial charge on any atom is -0.467 e. The van der Waals surface area contributed by atoms with E-state index in [0.717, 1.165) is 18.4 Å². The number of benzene rings is 1. The number of amides is 1. The first-order chi connectivity index (χ1) is 10.1. The third-order valence-corrected chi connectivity index (χ3v) is 3.28. The van der Waals surface area contributed by atoms with Crippen LogP contribution in [0.2, 0.25) is 0 Å². The maximum absolute atomic E-state index is 12.1. The van der Waals surface area contributed by atoms with Gasteiger partial charge in [0.2, 0.25) is 5.91 Å². The number of hydrogen-bond acceptors (Lipinski definition) is 4. The van der Waals surface area contributed by atoms with Crippen molar-refractivity contribution in [1.29, 1.82) is 0 Å². The maximum atomic E-state index is 12.1. The van der Waals surface area contributed by atoms with Crippen LogP contribution in [0.5, 0.6) is 0 Å². The van der Waals surface area contributed by atoms with Crippen LogP contribution in [0.15, 0.2) is 30.3 Å². The topological polar surface area (TPSA) is 81.4 Å². The first kappa shape index (κ1) is 20.4. The largest absolute Gasteiger partial charge is 0.467 e. The van der Waals surface area contributed by atoms with E-state index in [9.17, 15) is 9.59 Å². The molecule has 0 heterocycles. The predicted molar refractivity (Wildman–Crippen MR) is 88.8 cm³/mol. The molecule has 0 fully saturated rings. The summed E-state index contributed by atoms with van der Waals surface area (Å²) in [5.41, 5.74) is 6.89. The summed E-state index contributed by atoms with van der Waals surface area (Å²) in [7, 11) is 1.32. The van der Waals surface area contributed by atoms with Crippen molar-refractivity contribution in [2.24, 2.45) is 5.73 Å². The summed E-state index contributed by atoms with van der Waals surface area (Å²) < 4.78 is 4.71. The van der Waals surface area contributed by atoms with Crippen LogP contribution in [0.25, 0.3) is 0 Å². The molecule has 124 valence electrons. The second kappa shape index (κ2) is 11.0. The van der Waals surface area contributed by atoms with E-state index in [0.29, 0.717) is 12.8 Å². The molecule has 0 saturated carbocycles. The summed E-state index contributed by atoms with van der Waals surface area (Å²) >= 11 is 0. The van der Waals surface area contributed by atoms with Crippen LogP contribution in [-0.2, 0) is 20.7 Å². The van der Waals surface area contributed by atoms with Gasteiger partial charge in [0.15, 0.2) is 0 Å². The zero-order chi connectivity index (χ0) is 15.7. The van der Waals surface area contributed by atoms with Gasteiger partial charge in [0.1, 0.15) is 6.04 Å². The average Bonchev–Trinajstić information content (AvgIpc) is 2.51. The van der Waals surface area contributed by atoms with E-state index < -0.39 is 18.1 Å². The van der Waals surface area contributed by atoms with Crippen LogP contribution < -0.4 is 11.1 Å².